The minimum atomic E-state index is -0.347. The number of carbonyl (C=O) groups is 2. The molecule has 0 aliphatic rings. The molecule has 1 aromatic carbocycles. The van der Waals surface area contributed by atoms with Gasteiger partial charge in [-0.25, -0.2) is 9.59 Å². The Morgan fingerprint density at radius 2 is 1.75 bits per heavy atom. The van der Waals surface area contributed by atoms with Gasteiger partial charge in [0.25, 0.3) is 0 Å². The van der Waals surface area contributed by atoms with E-state index in [1.165, 1.54) is 18.7 Å². The highest BCUT2D eigenvalue weighted by molar-refractivity contribution is 5.86. The van der Waals surface area contributed by atoms with E-state index in [9.17, 15) is 9.59 Å². The summed E-state index contributed by atoms with van der Waals surface area (Å²) in [5.41, 5.74) is 1.61. The molecule has 0 unspecified atom stereocenters. The third kappa shape index (κ3) is 15.8. The van der Waals surface area contributed by atoms with Gasteiger partial charge in [0.2, 0.25) is 0 Å². The summed E-state index contributed by atoms with van der Waals surface area (Å²) in [5, 5.41) is 0. The molecule has 0 saturated carbocycles. The number of carbonyl (C=O) groups excluding carboxylic acids is 2. The summed E-state index contributed by atoms with van der Waals surface area (Å²) in [4.78, 5) is 20.5. The Morgan fingerprint density at radius 3 is 2.04 bits per heavy atom. The standard InChI is InChI=1S/C8H8.C7H12O2.C5H8O2/c1-2-8-6-4-3-5-7-8;1-3-5-6-9-7(8)4-2;1-4(2)5(6)7-3/h2-7H,1H2;4H,2-3,5-6H2,1H3;1H2,2-3H3. The summed E-state index contributed by atoms with van der Waals surface area (Å²) < 4.78 is 8.95. The van der Waals surface area contributed by atoms with Crippen LogP contribution in [0.3, 0.4) is 0 Å². The lowest BCUT2D eigenvalue weighted by molar-refractivity contribution is -0.138. The molecule has 0 atom stereocenters. The molecule has 1 aromatic rings. The first-order valence-corrected chi connectivity index (χ1v) is 7.63. The summed E-state index contributed by atoms with van der Waals surface area (Å²) in [6, 6.07) is 10.0. The van der Waals surface area contributed by atoms with E-state index in [4.69, 9.17) is 0 Å². The molecule has 0 bridgehead atoms. The summed E-state index contributed by atoms with van der Waals surface area (Å²) >= 11 is 0. The summed E-state index contributed by atoms with van der Waals surface area (Å²) in [6.07, 6.45) is 4.99. The molecular formula is C20H28O4. The van der Waals surface area contributed by atoms with E-state index in [-0.39, 0.29) is 11.9 Å². The van der Waals surface area contributed by atoms with Crippen molar-refractivity contribution in [3.63, 3.8) is 0 Å². The van der Waals surface area contributed by atoms with Gasteiger partial charge < -0.3 is 9.47 Å². The summed E-state index contributed by atoms with van der Waals surface area (Å²) in [7, 11) is 1.33. The van der Waals surface area contributed by atoms with Crippen molar-refractivity contribution in [1.82, 2.24) is 0 Å². The van der Waals surface area contributed by atoms with Crippen LogP contribution in [0.25, 0.3) is 6.08 Å². The fraction of sp³-hybridized carbons (Fsp3) is 0.300. The van der Waals surface area contributed by atoms with Crippen molar-refractivity contribution in [2.24, 2.45) is 0 Å². The van der Waals surface area contributed by atoms with Crippen molar-refractivity contribution in [2.75, 3.05) is 13.7 Å². The Morgan fingerprint density at radius 1 is 1.17 bits per heavy atom. The lowest BCUT2D eigenvalue weighted by Gasteiger charge is -1.97. The Kier molecular flexibility index (Phi) is 16.5. The SMILES string of the molecule is C=C(C)C(=O)OC.C=CC(=O)OCCCC.C=Cc1ccccc1. The fourth-order valence-corrected chi connectivity index (χ4v) is 1.14. The van der Waals surface area contributed by atoms with Crippen LogP contribution < -0.4 is 0 Å². The van der Waals surface area contributed by atoms with Gasteiger partial charge in [0.15, 0.2) is 0 Å². The van der Waals surface area contributed by atoms with Crippen LogP contribution in [0.4, 0.5) is 0 Å². The highest BCUT2D eigenvalue weighted by Crippen LogP contribution is 1.97. The number of hydrogen-bond acceptors (Lipinski definition) is 4. The number of unbranched alkanes of at least 4 members (excludes halogenated alkanes) is 1. The molecule has 0 aliphatic heterocycles. The zero-order valence-electron chi connectivity index (χ0n) is 14.9. The average molecular weight is 332 g/mol. The second-order valence-electron chi connectivity index (χ2n) is 4.61. The monoisotopic (exact) mass is 332 g/mol. The fourth-order valence-electron chi connectivity index (χ4n) is 1.14. The molecule has 0 saturated heterocycles. The molecule has 1 rings (SSSR count). The lowest BCUT2D eigenvalue weighted by atomic mass is 10.2. The van der Waals surface area contributed by atoms with E-state index in [0.717, 1.165) is 12.8 Å². The number of hydrogen-bond donors (Lipinski definition) is 0. The van der Waals surface area contributed by atoms with E-state index in [1.54, 1.807) is 6.92 Å². The minimum absolute atomic E-state index is 0.330. The van der Waals surface area contributed by atoms with Crippen LogP contribution in [-0.4, -0.2) is 25.7 Å². The van der Waals surface area contributed by atoms with Gasteiger partial charge in [-0.1, -0.05) is 69.5 Å². The van der Waals surface area contributed by atoms with Crippen LogP contribution in [0.15, 0.2) is 61.7 Å². The molecule has 0 aliphatic carbocycles. The van der Waals surface area contributed by atoms with Crippen LogP contribution in [0.1, 0.15) is 32.3 Å². The number of benzene rings is 1. The molecule has 0 heterocycles. The maximum atomic E-state index is 10.3. The molecule has 24 heavy (non-hydrogen) atoms. The van der Waals surface area contributed by atoms with Crippen molar-refractivity contribution >= 4 is 18.0 Å². The number of methoxy groups -OCH3 is 1. The quantitative estimate of drug-likeness (QED) is 0.435. The van der Waals surface area contributed by atoms with Gasteiger partial charge in [0.05, 0.1) is 13.7 Å². The summed E-state index contributed by atoms with van der Waals surface area (Å²) in [6.45, 7) is 14.4. The second-order valence-corrected chi connectivity index (χ2v) is 4.61. The molecule has 0 amide bonds. The smallest absolute Gasteiger partial charge is 0.332 e. The Bertz CT molecular complexity index is 504. The molecule has 0 fully saturated rings. The lowest BCUT2D eigenvalue weighted by Crippen LogP contribution is -2.00. The van der Waals surface area contributed by atoms with Crippen molar-refractivity contribution in [3.05, 3.63) is 67.3 Å². The second kappa shape index (κ2) is 16.7. The molecule has 132 valence electrons. The van der Waals surface area contributed by atoms with E-state index in [0.29, 0.717) is 12.2 Å². The van der Waals surface area contributed by atoms with Gasteiger partial charge >= 0.3 is 11.9 Å². The van der Waals surface area contributed by atoms with Gasteiger partial charge in [-0.3, -0.25) is 0 Å². The first-order valence-electron chi connectivity index (χ1n) is 7.63. The Balaban J connectivity index is 0. The normalized spacial score (nSPS) is 8.29. The van der Waals surface area contributed by atoms with Gasteiger partial charge in [0, 0.05) is 11.6 Å². The van der Waals surface area contributed by atoms with Gasteiger partial charge in [-0.2, -0.15) is 0 Å². The predicted molar refractivity (Wildman–Crippen MR) is 99.4 cm³/mol. The van der Waals surface area contributed by atoms with Crippen LogP contribution in [0.5, 0.6) is 0 Å². The van der Waals surface area contributed by atoms with Crippen LogP contribution in [0, 0.1) is 0 Å². The minimum Gasteiger partial charge on any atom is -0.466 e. The maximum absolute atomic E-state index is 10.3. The average Bonchev–Trinajstić information content (AvgIpc) is 2.62. The van der Waals surface area contributed by atoms with Gasteiger partial charge in [0.1, 0.15) is 0 Å². The molecule has 0 N–H and O–H groups in total. The van der Waals surface area contributed by atoms with Crippen molar-refractivity contribution in [3.8, 4) is 0 Å². The summed E-state index contributed by atoms with van der Waals surface area (Å²) in [5.74, 6) is -0.677. The van der Waals surface area contributed by atoms with Crippen molar-refractivity contribution in [1.29, 1.82) is 0 Å². The third-order valence-corrected chi connectivity index (χ3v) is 2.48. The Labute approximate surface area is 145 Å². The molecule has 0 spiro atoms. The Hall–Kier alpha value is -2.62. The highest BCUT2D eigenvalue weighted by atomic mass is 16.5. The van der Waals surface area contributed by atoms with E-state index >= 15 is 0 Å². The van der Waals surface area contributed by atoms with E-state index in [2.05, 4.69) is 29.2 Å². The van der Waals surface area contributed by atoms with Crippen LogP contribution >= 0.6 is 0 Å². The highest BCUT2D eigenvalue weighted by Gasteiger charge is 1.95. The number of esters is 2. The zero-order valence-corrected chi connectivity index (χ0v) is 14.9. The molecule has 0 radical (unpaired) electrons. The van der Waals surface area contributed by atoms with Gasteiger partial charge in [-0.15, -0.1) is 0 Å². The number of rotatable bonds is 6. The van der Waals surface area contributed by atoms with Gasteiger partial charge in [-0.05, 0) is 18.9 Å². The van der Waals surface area contributed by atoms with Crippen molar-refractivity contribution in [2.45, 2.75) is 26.7 Å². The zero-order chi connectivity index (χ0) is 18.8. The molecular weight excluding hydrogens is 304 g/mol. The molecule has 0 aromatic heterocycles. The maximum Gasteiger partial charge on any atom is 0.332 e. The topological polar surface area (TPSA) is 52.6 Å². The van der Waals surface area contributed by atoms with Crippen molar-refractivity contribution < 1.29 is 19.1 Å². The molecule has 4 heteroatoms. The van der Waals surface area contributed by atoms with E-state index in [1.807, 2.05) is 43.3 Å². The van der Waals surface area contributed by atoms with Crippen LogP contribution in [-0.2, 0) is 19.1 Å². The third-order valence-electron chi connectivity index (χ3n) is 2.48. The first-order chi connectivity index (χ1) is 11.4. The molecule has 4 nitrogen and oxygen atoms in total. The largest absolute Gasteiger partial charge is 0.466 e. The predicted octanol–water partition coefficient (Wildman–Crippen LogP) is 4.58. The van der Waals surface area contributed by atoms with E-state index < -0.39 is 0 Å². The first kappa shape index (κ1) is 23.6. The van der Waals surface area contributed by atoms with Crippen LogP contribution in [0.2, 0.25) is 0 Å². The number of ether oxygens (including phenoxy) is 2.